The maximum absolute atomic E-state index is 12.4. The highest BCUT2D eigenvalue weighted by molar-refractivity contribution is 5.93. The predicted molar refractivity (Wildman–Crippen MR) is 92.1 cm³/mol. The Labute approximate surface area is 134 Å². The van der Waals surface area contributed by atoms with E-state index in [-0.39, 0.29) is 11.9 Å². The maximum atomic E-state index is 12.4. The Morgan fingerprint density at radius 2 is 1.95 bits per heavy atom. The molecule has 2 unspecified atom stereocenters. The van der Waals surface area contributed by atoms with Crippen LogP contribution in [0.4, 0.5) is 5.69 Å². The third kappa shape index (κ3) is 4.08. The summed E-state index contributed by atoms with van der Waals surface area (Å²) in [4.78, 5) is 14.7. The standard InChI is InChI=1S/C18H29N3O/c1-12-9-13(2)18(14(3)10-12)20-17(22)11-21-8-6-5-7-16(21)15(4)19/h9-10,15-16H,5-8,11,19H2,1-4H3,(H,20,22). The summed E-state index contributed by atoms with van der Waals surface area (Å²) in [5.74, 6) is 0.0580. The number of carbonyl (C=O) groups excluding carboxylic acids is 1. The summed E-state index contributed by atoms with van der Waals surface area (Å²) in [6.07, 6.45) is 3.45. The number of rotatable bonds is 4. The van der Waals surface area contributed by atoms with Crippen LogP contribution < -0.4 is 11.1 Å². The average molecular weight is 303 g/mol. The normalized spacial score (nSPS) is 20.7. The molecule has 0 radical (unpaired) electrons. The Bertz CT molecular complexity index is 516. The lowest BCUT2D eigenvalue weighted by Gasteiger charge is -2.37. The van der Waals surface area contributed by atoms with E-state index in [1.165, 1.54) is 12.0 Å². The van der Waals surface area contributed by atoms with Crippen LogP contribution in [0, 0.1) is 20.8 Å². The van der Waals surface area contributed by atoms with E-state index in [1.54, 1.807) is 0 Å². The van der Waals surface area contributed by atoms with E-state index >= 15 is 0 Å². The highest BCUT2D eigenvalue weighted by Gasteiger charge is 2.27. The number of aryl methyl sites for hydroxylation is 3. The van der Waals surface area contributed by atoms with Gasteiger partial charge in [-0.1, -0.05) is 24.1 Å². The average Bonchev–Trinajstić information content (AvgIpc) is 2.43. The second-order valence-corrected chi connectivity index (χ2v) is 6.71. The van der Waals surface area contributed by atoms with Gasteiger partial charge < -0.3 is 11.1 Å². The molecular weight excluding hydrogens is 274 g/mol. The van der Waals surface area contributed by atoms with Crippen LogP contribution in [0.15, 0.2) is 12.1 Å². The zero-order valence-corrected chi connectivity index (χ0v) is 14.3. The molecule has 0 aliphatic carbocycles. The van der Waals surface area contributed by atoms with E-state index in [4.69, 9.17) is 5.73 Å². The van der Waals surface area contributed by atoms with E-state index in [9.17, 15) is 4.79 Å². The van der Waals surface area contributed by atoms with Gasteiger partial charge in [0.15, 0.2) is 0 Å². The number of nitrogens with two attached hydrogens (primary N) is 1. The first-order valence-electron chi connectivity index (χ1n) is 8.26. The van der Waals surface area contributed by atoms with Gasteiger partial charge in [0.1, 0.15) is 0 Å². The van der Waals surface area contributed by atoms with Crippen LogP contribution in [-0.2, 0) is 4.79 Å². The Balaban J connectivity index is 2.03. The molecule has 1 heterocycles. The molecule has 1 saturated heterocycles. The minimum Gasteiger partial charge on any atom is -0.327 e. The first kappa shape index (κ1) is 17.0. The predicted octanol–water partition coefficient (Wildman–Crippen LogP) is 2.75. The van der Waals surface area contributed by atoms with Crippen molar-refractivity contribution in [2.45, 2.75) is 59.0 Å². The molecule has 0 spiro atoms. The number of anilines is 1. The van der Waals surface area contributed by atoms with Gasteiger partial charge in [0.05, 0.1) is 6.54 Å². The molecule has 0 saturated carbocycles. The second-order valence-electron chi connectivity index (χ2n) is 6.71. The number of carbonyl (C=O) groups is 1. The van der Waals surface area contributed by atoms with Crippen LogP contribution in [0.25, 0.3) is 0 Å². The Morgan fingerprint density at radius 3 is 2.55 bits per heavy atom. The summed E-state index contributed by atoms with van der Waals surface area (Å²) >= 11 is 0. The van der Waals surface area contributed by atoms with Crippen LogP contribution >= 0.6 is 0 Å². The third-order valence-corrected chi connectivity index (χ3v) is 4.56. The van der Waals surface area contributed by atoms with Crippen molar-refractivity contribution in [3.8, 4) is 0 Å². The molecule has 4 heteroatoms. The summed E-state index contributed by atoms with van der Waals surface area (Å²) in [6, 6.07) is 4.64. The number of hydrogen-bond acceptors (Lipinski definition) is 3. The van der Waals surface area contributed by atoms with Gasteiger partial charge in [-0.25, -0.2) is 0 Å². The molecule has 1 amide bonds. The lowest BCUT2D eigenvalue weighted by atomic mass is 9.97. The lowest BCUT2D eigenvalue weighted by Crippen LogP contribution is -2.51. The van der Waals surface area contributed by atoms with Crippen molar-refractivity contribution in [3.05, 3.63) is 28.8 Å². The van der Waals surface area contributed by atoms with Gasteiger partial charge in [-0.2, -0.15) is 0 Å². The summed E-state index contributed by atoms with van der Waals surface area (Å²) in [6.45, 7) is 9.59. The van der Waals surface area contributed by atoms with Gasteiger partial charge in [0, 0.05) is 17.8 Å². The number of amides is 1. The van der Waals surface area contributed by atoms with Crippen molar-refractivity contribution in [2.75, 3.05) is 18.4 Å². The van der Waals surface area contributed by atoms with E-state index in [2.05, 4.69) is 29.3 Å². The smallest absolute Gasteiger partial charge is 0.238 e. The van der Waals surface area contributed by atoms with Crippen molar-refractivity contribution in [3.63, 3.8) is 0 Å². The number of likely N-dealkylation sites (tertiary alicyclic amines) is 1. The monoisotopic (exact) mass is 303 g/mol. The molecular formula is C18H29N3O. The van der Waals surface area contributed by atoms with Crippen LogP contribution in [0.1, 0.15) is 42.9 Å². The highest BCUT2D eigenvalue weighted by atomic mass is 16.2. The molecule has 0 bridgehead atoms. The van der Waals surface area contributed by atoms with Crippen molar-refractivity contribution < 1.29 is 4.79 Å². The minimum atomic E-state index is 0.0580. The van der Waals surface area contributed by atoms with E-state index < -0.39 is 0 Å². The Kier molecular flexibility index (Phi) is 5.59. The third-order valence-electron chi connectivity index (χ3n) is 4.56. The highest BCUT2D eigenvalue weighted by Crippen LogP contribution is 2.23. The summed E-state index contributed by atoms with van der Waals surface area (Å²) in [5, 5.41) is 3.09. The first-order valence-corrected chi connectivity index (χ1v) is 8.26. The molecule has 1 aromatic carbocycles. The molecule has 1 fully saturated rings. The van der Waals surface area contributed by atoms with E-state index in [0.717, 1.165) is 36.2 Å². The van der Waals surface area contributed by atoms with Gasteiger partial charge in [-0.15, -0.1) is 0 Å². The molecule has 22 heavy (non-hydrogen) atoms. The number of hydrogen-bond donors (Lipinski definition) is 2. The molecule has 0 aromatic heterocycles. The molecule has 2 rings (SSSR count). The molecule has 1 aliphatic heterocycles. The lowest BCUT2D eigenvalue weighted by molar-refractivity contribution is -0.118. The van der Waals surface area contributed by atoms with Crippen LogP contribution in [0.3, 0.4) is 0 Å². The van der Waals surface area contributed by atoms with E-state index in [0.29, 0.717) is 12.6 Å². The number of benzene rings is 1. The number of nitrogens with zero attached hydrogens (tertiary/aromatic N) is 1. The van der Waals surface area contributed by atoms with Crippen molar-refractivity contribution in [2.24, 2.45) is 5.73 Å². The zero-order chi connectivity index (χ0) is 16.3. The van der Waals surface area contributed by atoms with Crippen LogP contribution in [0.2, 0.25) is 0 Å². The first-order chi connectivity index (χ1) is 10.4. The molecule has 4 nitrogen and oxygen atoms in total. The van der Waals surface area contributed by atoms with Crippen LogP contribution in [0.5, 0.6) is 0 Å². The van der Waals surface area contributed by atoms with Crippen molar-refractivity contribution in [1.82, 2.24) is 4.90 Å². The second kappa shape index (κ2) is 7.25. The maximum Gasteiger partial charge on any atom is 0.238 e. The Morgan fingerprint density at radius 1 is 1.32 bits per heavy atom. The quantitative estimate of drug-likeness (QED) is 0.899. The number of nitrogens with one attached hydrogen (secondary N) is 1. The summed E-state index contributed by atoms with van der Waals surface area (Å²) in [7, 11) is 0. The Hall–Kier alpha value is -1.39. The zero-order valence-electron chi connectivity index (χ0n) is 14.3. The van der Waals surface area contributed by atoms with Gasteiger partial charge in [0.2, 0.25) is 5.91 Å². The fourth-order valence-electron chi connectivity index (χ4n) is 3.55. The van der Waals surface area contributed by atoms with Gasteiger partial charge in [-0.3, -0.25) is 9.69 Å². The molecule has 1 aromatic rings. The van der Waals surface area contributed by atoms with Crippen LogP contribution in [-0.4, -0.2) is 36.0 Å². The molecule has 122 valence electrons. The molecule has 2 atom stereocenters. The minimum absolute atomic E-state index is 0.0580. The molecule has 1 aliphatic rings. The fourth-order valence-corrected chi connectivity index (χ4v) is 3.55. The van der Waals surface area contributed by atoms with E-state index in [1.807, 2.05) is 20.8 Å². The SMILES string of the molecule is Cc1cc(C)c(NC(=O)CN2CCCCC2C(C)N)c(C)c1. The van der Waals surface area contributed by atoms with Gasteiger partial charge in [0.25, 0.3) is 0 Å². The fraction of sp³-hybridized carbons (Fsp3) is 0.611. The van der Waals surface area contributed by atoms with Crippen molar-refractivity contribution >= 4 is 11.6 Å². The number of piperidine rings is 1. The topological polar surface area (TPSA) is 58.4 Å². The van der Waals surface area contributed by atoms with Crippen molar-refractivity contribution in [1.29, 1.82) is 0 Å². The molecule has 3 N–H and O–H groups in total. The summed E-state index contributed by atoms with van der Waals surface area (Å²) in [5.41, 5.74) is 10.5. The largest absolute Gasteiger partial charge is 0.327 e. The van der Waals surface area contributed by atoms with Gasteiger partial charge >= 0.3 is 0 Å². The summed E-state index contributed by atoms with van der Waals surface area (Å²) < 4.78 is 0. The van der Waals surface area contributed by atoms with Gasteiger partial charge in [-0.05, 0) is 58.2 Å².